The van der Waals surface area contributed by atoms with Crippen molar-refractivity contribution in [3.63, 3.8) is 0 Å². The lowest BCUT2D eigenvalue weighted by Gasteiger charge is -2.41. The Kier molecular flexibility index (Phi) is 4.97. The molecular formula is C18H27N3O2. The van der Waals surface area contributed by atoms with E-state index >= 15 is 0 Å². The third-order valence-corrected chi connectivity index (χ3v) is 5.34. The van der Waals surface area contributed by atoms with Crippen molar-refractivity contribution in [1.29, 1.82) is 0 Å². The molecule has 1 saturated heterocycles. The fraction of sp³-hybridized carbons (Fsp3) is 0.667. The minimum Gasteiger partial charge on any atom is -0.380 e. The molecule has 1 atom stereocenters. The predicted octanol–water partition coefficient (Wildman–Crippen LogP) is 1.98. The van der Waals surface area contributed by atoms with Gasteiger partial charge in [0, 0.05) is 38.4 Å². The molecule has 3 rings (SSSR count). The molecule has 5 heteroatoms. The summed E-state index contributed by atoms with van der Waals surface area (Å²) in [4.78, 5) is 21.3. The Labute approximate surface area is 138 Å². The highest BCUT2D eigenvalue weighted by Gasteiger charge is 2.41. The monoisotopic (exact) mass is 317 g/mol. The molecule has 23 heavy (non-hydrogen) atoms. The predicted molar refractivity (Wildman–Crippen MR) is 88.8 cm³/mol. The van der Waals surface area contributed by atoms with Crippen LogP contribution in [0.2, 0.25) is 0 Å². The number of carbonyl (C=O) groups excluding carboxylic acids is 1. The number of carbonyl (C=O) groups is 1. The van der Waals surface area contributed by atoms with E-state index in [-0.39, 0.29) is 11.9 Å². The average Bonchev–Trinajstić information content (AvgIpc) is 2.62. The molecule has 1 N–H and O–H groups in total. The van der Waals surface area contributed by atoms with Crippen molar-refractivity contribution >= 4 is 5.91 Å². The molecule has 0 aromatic carbocycles. The van der Waals surface area contributed by atoms with E-state index in [0.717, 1.165) is 38.0 Å². The van der Waals surface area contributed by atoms with Crippen LogP contribution < -0.4 is 0 Å². The number of hydrogen-bond donors (Lipinski definition) is 1. The van der Waals surface area contributed by atoms with Gasteiger partial charge < -0.3 is 10.0 Å². The lowest BCUT2D eigenvalue weighted by atomic mass is 9.83. The van der Waals surface area contributed by atoms with Gasteiger partial charge in [0.05, 0.1) is 5.69 Å². The van der Waals surface area contributed by atoms with Crippen molar-refractivity contribution in [3.05, 3.63) is 30.1 Å². The molecule has 0 unspecified atom stereocenters. The van der Waals surface area contributed by atoms with Gasteiger partial charge in [0.25, 0.3) is 5.91 Å². The Hall–Kier alpha value is -1.46. The molecule has 1 amide bonds. The van der Waals surface area contributed by atoms with E-state index in [2.05, 4.69) is 16.8 Å². The maximum Gasteiger partial charge on any atom is 0.254 e. The van der Waals surface area contributed by atoms with Gasteiger partial charge >= 0.3 is 0 Å². The lowest BCUT2D eigenvalue weighted by molar-refractivity contribution is -0.156. The number of aromatic nitrogens is 1. The number of piperazine rings is 1. The van der Waals surface area contributed by atoms with Crippen molar-refractivity contribution in [3.8, 4) is 0 Å². The highest BCUT2D eigenvalue weighted by molar-refractivity contribution is 5.85. The first kappa shape index (κ1) is 16.4. The molecule has 2 fully saturated rings. The number of aliphatic hydroxyl groups is 1. The Balaban J connectivity index is 1.57. The molecule has 2 heterocycles. The second-order valence-corrected chi connectivity index (χ2v) is 6.85. The smallest absolute Gasteiger partial charge is 0.254 e. The summed E-state index contributed by atoms with van der Waals surface area (Å²) in [5, 5.41) is 10.6. The number of amides is 1. The van der Waals surface area contributed by atoms with E-state index in [1.807, 2.05) is 29.3 Å². The second-order valence-electron chi connectivity index (χ2n) is 6.85. The van der Waals surface area contributed by atoms with Gasteiger partial charge in [0.2, 0.25) is 0 Å². The maximum absolute atomic E-state index is 12.7. The molecule has 1 aromatic rings. The number of pyridine rings is 1. The Morgan fingerprint density at radius 2 is 1.87 bits per heavy atom. The van der Waals surface area contributed by atoms with Crippen molar-refractivity contribution < 1.29 is 9.90 Å². The Morgan fingerprint density at radius 1 is 1.17 bits per heavy atom. The molecule has 1 aromatic heterocycles. The highest BCUT2D eigenvalue weighted by Crippen LogP contribution is 2.30. The number of nitrogens with zero attached hydrogens (tertiary/aromatic N) is 3. The molecule has 5 nitrogen and oxygen atoms in total. The summed E-state index contributed by atoms with van der Waals surface area (Å²) in [5.41, 5.74) is -0.0364. The van der Waals surface area contributed by atoms with Gasteiger partial charge in [-0.3, -0.25) is 14.7 Å². The summed E-state index contributed by atoms with van der Waals surface area (Å²) in [6.07, 6.45) is 6.11. The van der Waals surface area contributed by atoms with Gasteiger partial charge in [-0.2, -0.15) is 0 Å². The van der Waals surface area contributed by atoms with Crippen molar-refractivity contribution in [2.75, 3.05) is 26.2 Å². The van der Waals surface area contributed by atoms with Gasteiger partial charge in [0.1, 0.15) is 5.60 Å². The van der Waals surface area contributed by atoms with Crippen LogP contribution in [0.15, 0.2) is 24.4 Å². The summed E-state index contributed by atoms with van der Waals surface area (Å²) in [6.45, 7) is 5.21. The van der Waals surface area contributed by atoms with E-state index in [1.54, 1.807) is 0 Å². The zero-order chi connectivity index (χ0) is 16.3. The van der Waals surface area contributed by atoms with Gasteiger partial charge in [0.15, 0.2) is 0 Å². The standard InChI is InChI=1S/C18H27N3O2/c1-15(16-7-3-6-10-19-16)20-11-13-21(14-12-20)17(22)18(23)8-4-2-5-9-18/h3,6-7,10,15,23H,2,4-5,8-9,11-14H2,1H3/t15-/m0/s1. The number of rotatable bonds is 3. The second kappa shape index (κ2) is 6.97. The summed E-state index contributed by atoms with van der Waals surface area (Å²) < 4.78 is 0. The van der Waals surface area contributed by atoms with Gasteiger partial charge in [-0.1, -0.05) is 25.3 Å². The van der Waals surface area contributed by atoms with Crippen molar-refractivity contribution in [2.24, 2.45) is 0 Å². The summed E-state index contributed by atoms with van der Waals surface area (Å²) in [5.74, 6) is -0.0534. The first-order valence-electron chi connectivity index (χ1n) is 8.77. The van der Waals surface area contributed by atoms with Crippen LogP contribution in [0.5, 0.6) is 0 Å². The molecule has 126 valence electrons. The van der Waals surface area contributed by atoms with E-state index in [1.165, 1.54) is 0 Å². The SMILES string of the molecule is C[C@@H](c1ccccn1)N1CCN(C(=O)C2(O)CCCCC2)CC1. The third kappa shape index (κ3) is 3.56. The van der Waals surface area contributed by atoms with Crippen LogP contribution in [0.1, 0.15) is 50.8 Å². The summed E-state index contributed by atoms with van der Waals surface area (Å²) >= 11 is 0. The summed E-state index contributed by atoms with van der Waals surface area (Å²) in [6, 6.07) is 6.24. The molecule has 0 spiro atoms. The first-order valence-corrected chi connectivity index (χ1v) is 8.77. The number of hydrogen-bond acceptors (Lipinski definition) is 4. The van der Waals surface area contributed by atoms with Crippen LogP contribution >= 0.6 is 0 Å². The highest BCUT2D eigenvalue weighted by atomic mass is 16.3. The van der Waals surface area contributed by atoms with Crippen LogP contribution in [-0.4, -0.2) is 57.6 Å². The maximum atomic E-state index is 12.7. The Bertz CT molecular complexity index is 520. The van der Waals surface area contributed by atoms with E-state index in [9.17, 15) is 9.90 Å². The lowest BCUT2D eigenvalue weighted by Crippen LogP contribution is -2.56. The molecular weight excluding hydrogens is 290 g/mol. The van der Waals surface area contributed by atoms with Gasteiger partial charge in [-0.05, 0) is 31.9 Å². The molecule has 1 saturated carbocycles. The van der Waals surface area contributed by atoms with Crippen molar-refractivity contribution in [2.45, 2.75) is 50.7 Å². The van der Waals surface area contributed by atoms with Gasteiger partial charge in [-0.25, -0.2) is 0 Å². The molecule has 1 aliphatic heterocycles. The van der Waals surface area contributed by atoms with Crippen molar-refractivity contribution in [1.82, 2.24) is 14.8 Å². The largest absolute Gasteiger partial charge is 0.380 e. The zero-order valence-electron chi connectivity index (χ0n) is 13.9. The molecule has 0 bridgehead atoms. The minimum atomic E-state index is -1.10. The summed E-state index contributed by atoms with van der Waals surface area (Å²) in [7, 11) is 0. The first-order chi connectivity index (χ1) is 11.1. The normalized spacial score (nSPS) is 23.5. The average molecular weight is 317 g/mol. The van der Waals surface area contributed by atoms with E-state index in [4.69, 9.17) is 0 Å². The van der Waals surface area contributed by atoms with E-state index < -0.39 is 5.60 Å². The Morgan fingerprint density at radius 3 is 2.48 bits per heavy atom. The molecule has 2 aliphatic rings. The van der Waals surface area contributed by atoms with Crippen LogP contribution in [0, 0.1) is 0 Å². The van der Waals surface area contributed by atoms with Crippen LogP contribution in [0.3, 0.4) is 0 Å². The third-order valence-electron chi connectivity index (χ3n) is 5.34. The zero-order valence-corrected chi connectivity index (χ0v) is 13.9. The van der Waals surface area contributed by atoms with Crippen LogP contribution in [0.25, 0.3) is 0 Å². The fourth-order valence-corrected chi connectivity index (χ4v) is 3.77. The van der Waals surface area contributed by atoms with Crippen LogP contribution in [-0.2, 0) is 4.79 Å². The minimum absolute atomic E-state index is 0.0534. The van der Waals surface area contributed by atoms with E-state index in [0.29, 0.717) is 25.9 Å². The molecule has 0 radical (unpaired) electrons. The molecule has 1 aliphatic carbocycles. The van der Waals surface area contributed by atoms with Gasteiger partial charge in [-0.15, -0.1) is 0 Å². The fourth-order valence-electron chi connectivity index (χ4n) is 3.77. The van der Waals surface area contributed by atoms with Crippen LogP contribution in [0.4, 0.5) is 0 Å². The quantitative estimate of drug-likeness (QED) is 0.926. The topological polar surface area (TPSA) is 56.7 Å².